The molecule has 3 heteroatoms. The van der Waals surface area contributed by atoms with Gasteiger partial charge in [-0.15, -0.1) is 0 Å². The van der Waals surface area contributed by atoms with Crippen molar-refractivity contribution >= 4 is 0 Å². The molecule has 0 aliphatic rings. The van der Waals surface area contributed by atoms with Crippen LogP contribution in [0.1, 0.15) is 27.2 Å². The van der Waals surface area contributed by atoms with Gasteiger partial charge >= 0.3 is 0 Å². The highest BCUT2D eigenvalue weighted by Crippen LogP contribution is 2.16. The van der Waals surface area contributed by atoms with Crippen molar-refractivity contribution in [2.75, 3.05) is 20.3 Å². The number of nitrogens with one attached hydrogen (secondary N) is 1. The van der Waals surface area contributed by atoms with E-state index in [9.17, 15) is 0 Å². The van der Waals surface area contributed by atoms with Gasteiger partial charge in [0.2, 0.25) is 0 Å². The first-order chi connectivity index (χ1) is 8.07. The second kappa shape index (κ2) is 6.50. The minimum atomic E-state index is 0.184. The molecule has 0 saturated carbocycles. The van der Waals surface area contributed by atoms with Crippen molar-refractivity contribution in [3.05, 3.63) is 24.3 Å². The molecule has 3 nitrogen and oxygen atoms in total. The molecular formula is C14H23NO2. The number of hydrogen-bond acceptors (Lipinski definition) is 3. The Balaban J connectivity index is 2.26. The molecule has 0 amide bonds. The van der Waals surface area contributed by atoms with Crippen molar-refractivity contribution in [1.29, 1.82) is 0 Å². The zero-order chi connectivity index (χ0) is 12.7. The predicted molar refractivity (Wildman–Crippen MR) is 70.9 cm³/mol. The van der Waals surface area contributed by atoms with Crippen molar-refractivity contribution in [2.24, 2.45) is 0 Å². The molecule has 0 heterocycles. The molecule has 17 heavy (non-hydrogen) atoms. The molecule has 0 unspecified atom stereocenters. The monoisotopic (exact) mass is 237 g/mol. The fourth-order valence-corrected chi connectivity index (χ4v) is 1.36. The van der Waals surface area contributed by atoms with E-state index in [0.29, 0.717) is 6.61 Å². The number of ether oxygens (including phenoxy) is 2. The molecular weight excluding hydrogens is 214 g/mol. The van der Waals surface area contributed by atoms with Gasteiger partial charge in [-0.25, -0.2) is 0 Å². The van der Waals surface area contributed by atoms with Crippen LogP contribution in [0.5, 0.6) is 11.5 Å². The summed E-state index contributed by atoms with van der Waals surface area (Å²) in [6, 6.07) is 7.64. The van der Waals surface area contributed by atoms with Gasteiger partial charge in [0.25, 0.3) is 0 Å². The Morgan fingerprint density at radius 3 is 2.24 bits per heavy atom. The Morgan fingerprint density at radius 2 is 1.71 bits per heavy atom. The summed E-state index contributed by atoms with van der Waals surface area (Å²) in [7, 11) is 1.66. The second-order valence-electron chi connectivity index (χ2n) is 4.69. The summed E-state index contributed by atoms with van der Waals surface area (Å²) < 4.78 is 10.7. The van der Waals surface area contributed by atoms with Gasteiger partial charge in [-0.2, -0.15) is 0 Å². The van der Waals surface area contributed by atoms with Gasteiger partial charge in [-0.3, -0.25) is 0 Å². The van der Waals surface area contributed by atoms with Crippen molar-refractivity contribution < 1.29 is 9.47 Å². The highest BCUT2D eigenvalue weighted by atomic mass is 16.5. The number of methoxy groups -OCH3 is 1. The summed E-state index contributed by atoms with van der Waals surface area (Å²) in [6.07, 6.45) is 1.11. The summed E-state index contributed by atoms with van der Waals surface area (Å²) in [5.74, 6) is 1.73. The van der Waals surface area contributed by atoms with Gasteiger partial charge in [0.15, 0.2) is 0 Å². The predicted octanol–water partition coefficient (Wildman–Crippen LogP) is 2.85. The Hall–Kier alpha value is -1.22. The van der Waals surface area contributed by atoms with E-state index < -0.39 is 0 Å². The minimum absolute atomic E-state index is 0.184. The Bertz CT molecular complexity index is 319. The van der Waals surface area contributed by atoms with E-state index in [4.69, 9.17) is 9.47 Å². The maximum atomic E-state index is 5.63. The topological polar surface area (TPSA) is 30.5 Å². The van der Waals surface area contributed by atoms with Crippen LogP contribution in [0.4, 0.5) is 0 Å². The van der Waals surface area contributed by atoms with Crippen LogP contribution in [-0.2, 0) is 0 Å². The Kier molecular flexibility index (Phi) is 5.29. The van der Waals surface area contributed by atoms with Crippen LogP contribution in [0.2, 0.25) is 0 Å². The zero-order valence-corrected chi connectivity index (χ0v) is 11.2. The van der Waals surface area contributed by atoms with E-state index in [0.717, 1.165) is 24.5 Å². The lowest BCUT2D eigenvalue weighted by Gasteiger charge is -2.24. The van der Waals surface area contributed by atoms with Crippen LogP contribution in [0.3, 0.4) is 0 Å². The Morgan fingerprint density at radius 1 is 1.12 bits per heavy atom. The lowest BCUT2D eigenvalue weighted by molar-refractivity contribution is 0.280. The zero-order valence-electron chi connectivity index (χ0n) is 11.2. The van der Waals surface area contributed by atoms with Crippen LogP contribution in [0, 0.1) is 0 Å². The summed E-state index contributed by atoms with van der Waals surface area (Å²) in [6.45, 7) is 8.10. The lowest BCUT2D eigenvalue weighted by atomic mass is 10.0. The van der Waals surface area contributed by atoms with E-state index in [1.54, 1.807) is 7.11 Å². The quantitative estimate of drug-likeness (QED) is 0.740. The molecule has 1 N–H and O–H groups in total. The molecule has 0 aliphatic carbocycles. The average Bonchev–Trinajstić information content (AvgIpc) is 2.35. The average molecular weight is 237 g/mol. The highest BCUT2D eigenvalue weighted by Gasteiger charge is 2.12. The van der Waals surface area contributed by atoms with Crippen LogP contribution < -0.4 is 14.8 Å². The summed E-state index contributed by atoms with van der Waals surface area (Å²) in [4.78, 5) is 0. The first-order valence-corrected chi connectivity index (χ1v) is 6.09. The molecule has 1 aromatic carbocycles. The third-order valence-corrected chi connectivity index (χ3v) is 2.92. The van der Waals surface area contributed by atoms with Crippen molar-refractivity contribution in [3.63, 3.8) is 0 Å². The van der Waals surface area contributed by atoms with Crippen LogP contribution in [0.25, 0.3) is 0 Å². The van der Waals surface area contributed by atoms with E-state index >= 15 is 0 Å². The van der Waals surface area contributed by atoms with Crippen molar-refractivity contribution in [1.82, 2.24) is 5.32 Å². The molecule has 0 atom stereocenters. The summed E-state index contributed by atoms with van der Waals surface area (Å²) in [5.41, 5.74) is 0.184. The van der Waals surface area contributed by atoms with Crippen LogP contribution in [0.15, 0.2) is 24.3 Å². The van der Waals surface area contributed by atoms with E-state index in [-0.39, 0.29) is 5.54 Å². The first kappa shape index (κ1) is 13.8. The SMILES string of the molecule is CCC(C)(C)NCCOc1ccc(OC)cc1. The third kappa shape index (κ3) is 5.09. The molecule has 0 aliphatic heterocycles. The number of hydrogen-bond donors (Lipinski definition) is 1. The fraction of sp³-hybridized carbons (Fsp3) is 0.571. The van der Waals surface area contributed by atoms with Crippen molar-refractivity contribution in [3.8, 4) is 11.5 Å². The molecule has 0 fully saturated rings. The summed E-state index contributed by atoms with van der Waals surface area (Å²) in [5, 5.41) is 3.45. The molecule has 1 rings (SSSR count). The molecule has 0 aromatic heterocycles. The van der Waals surface area contributed by atoms with Gasteiger partial charge in [0.1, 0.15) is 18.1 Å². The molecule has 1 aromatic rings. The van der Waals surface area contributed by atoms with Crippen LogP contribution in [-0.4, -0.2) is 25.8 Å². The summed E-state index contributed by atoms with van der Waals surface area (Å²) >= 11 is 0. The fourth-order valence-electron chi connectivity index (χ4n) is 1.36. The molecule has 0 bridgehead atoms. The minimum Gasteiger partial charge on any atom is -0.497 e. The molecule has 96 valence electrons. The molecule has 0 saturated heterocycles. The normalized spacial score (nSPS) is 11.3. The van der Waals surface area contributed by atoms with Gasteiger partial charge in [0, 0.05) is 12.1 Å². The lowest BCUT2D eigenvalue weighted by Crippen LogP contribution is -2.40. The maximum Gasteiger partial charge on any atom is 0.119 e. The van der Waals surface area contributed by atoms with Gasteiger partial charge in [0.05, 0.1) is 7.11 Å². The van der Waals surface area contributed by atoms with Crippen molar-refractivity contribution in [2.45, 2.75) is 32.7 Å². The third-order valence-electron chi connectivity index (χ3n) is 2.92. The first-order valence-electron chi connectivity index (χ1n) is 6.09. The molecule has 0 radical (unpaired) electrons. The standard InChI is InChI=1S/C14H23NO2/c1-5-14(2,3)15-10-11-17-13-8-6-12(16-4)7-9-13/h6-9,15H,5,10-11H2,1-4H3. The maximum absolute atomic E-state index is 5.63. The Labute approximate surface area is 104 Å². The van der Waals surface area contributed by atoms with E-state index in [2.05, 4.69) is 26.1 Å². The van der Waals surface area contributed by atoms with Crippen LogP contribution >= 0.6 is 0 Å². The van der Waals surface area contributed by atoms with E-state index in [1.807, 2.05) is 24.3 Å². The number of benzene rings is 1. The second-order valence-corrected chi connectivity index (χ2v) is 4.69. The van der Waals surface area contributed by atoms with Gasteiger partial charge < -0.3 is 14.8 Å². The van der Waals surface area contributed by atoms with Gasteiger partial charge in [-0.05, 0) is 44.5 Å². The largest absolute Gasteiger partial charge is 0.497 e. The van der Waals surface area contributed by atoms with Gasteiger partial charge in [-0.1, -0.05) is 6.92 Å². The highest BCUT2D eigenvalue weighted by molar-refractivity contribution is 5.31. The molecule has 0 spiro atoms. The smallest absolute Gasteiger partial charge is 0.119 e. The van der Waals surface area contributed by atoms with E-state index in [1.165, 1.54) is 0 Å². The number of rotatable bonds is 7.